The number of unbranched alkanes of at least 4 members (excludes halogenated alkanes) is 1. The molecule has 1 aromatic heterocycles. The smallest absolute Gasteiger partial charge is 0.272 e. The molecule has 0 spiro atoms. The normalized spacial score (nSPS) is 10.2. The number of hydrogen-bond donors (Lipinski definition) is 1. The SMILES string of the molecule is CCCCN(C)C(=O)c1cccc(C(=O)NCCOC)n1. The van der Waals surface area contributed by atoms with E-state index < -0.39 is 0 Å². The van der Waals surface area contributed by atoms with E-state index in [0.29, 0.717) is 19.7 Å². The maximum Gasteiger partial charge on any atom is 0.272 e. The molecule has 0 radical (unpaired) electrons. The Hall–Kier alpha value is -1.95. The summed E-state index contributed by atoms with van der Waals surface area (Å²) in [5.41, 5.74) is 0.522. The van der Waals surface area contributed by atoms with E-state index in [2.05, 4.69) is 17.2 Å². The van der Waals surface area contributed by atoms with Crippen LogP contribution in [0, 0.1) is 0 Å². The lowest BCUT2D eigenvalue weighted by Gasteiger charge is -2.16. The van der Waals surface area contributed by atoms with Crippen molar-refractivity contribution in [1.82, 2.24) is 15.2 Å². The fourth-order valence-corrected chi connectivity index (χ4v) is 1.73. The molecule has 6 nitrogen and oxygen atoms in total. The molecule has 116 valence electrons. The van der Waals surface area contributed by atoms with Crippen molar-refractivity contribution in [3.8, 4) is 0 Å². The Kier molecular flexibility index (Phi) is 7.39. The van der Waals surface area contributed by atoms with Crippen molar-refractivity contribution < 1.29 is 14.3 Å². The summed E-state index contributed by atoms with van der Waals surface area (Å²) in [5, 5.41) is 2.68. The Morgan fingerprint density at radius 2 is 2.05 bits per heavy atom. The summed E-state index contributed by atoms with van der Waals surface area (Å²) >= 11 is 0. The molecule has 0 saturated heterocycles. The van der Waals surface area contributed by atoms with E-state index in [9.17, 15) is 9.59 Å². The number of pyridine rings is 1. The van der Waals surface area contributed by atoms with Crippen LogP contribution in [0.5, 0.6) is 0 Å². The van der Waals surface area contributed by atoms with Gasteiger partial charge in [0.25, 0.3) is 11.8 Å². The van der Waals surface area contributed by atoms with Crippen LogP contribution in [0.4, 0.5) is 0 Å². The molecule has 1 heterocycles. The van der Waals surface area contributed by atoms with Crippen molar-refractivity contribution in [2.45, 2.75) is 19.8 Å². The van der Waals surface area contributed by atoms with Crippen molar-refractivity contribution >= 4 is 11.8 Å². The topological polar surface area (TPSA) is 71.5 Å². The average molecular weight is 293 g/mol. The number of rotatable bonds is 8. The number of ether oxygens (including phenoxy) is 1. The minimum absolute atomic E-state index is 0.171. The van der Waals surface area contributed by atoms with E-state index in [1.807, 2.05) is 0 Å². The zero-order valence-electron chi connectivity index (χ0n) is 12.9. The predicted molar refractivity (Wildman–Crippen MR) is 80.3 cm³/mol. The highest BCUT2D eigenvalue weighted by molar-refractivity contribution is 5.96. The molecule has 0 aromatic carbocycles. The molecular weight excluding hydrogens is 270 g/mol. The van der Waals surface area contributed by atoms with Crippen LogP contribution in [0.1, 0.15) is 40.7 Å². The maximum absolute atomic E-state index is 12.2. The first kappa shape index (κ1) is 17.1. The molecule has 1 aromatic rings. The van der Waals surface area contributed by atoms with Gasteiger partial charge in [-0.25, -0.2) is 4.98 Å². The second-order valence-corrected chi connectivity index (χ2v) is 4.74. The quantitative estimate of drug-likeness (QED) is 0.734. The third-order valence-corrected chi connectivity index (χ3v) is 2.99. The molecule has 0 bridgehead atoms. The summed E-state index contributed by atoms with van der Waals surface area (Å²) in [6.45, 7) is 3.60. The third-order valence-electron chi connectivity index (χ3n) is 2.99. The summed E-state index contributed by atoms with van der Waals surface area (Å²) in [5.74, 6) is -0.479. The van der Waals surface area contributed by atoms with Gasteiger partial charge in [0, 0.05) is 27.2 Å². The lowest BCUT2D eigenvalue weighted by Crippen LogP contribution is -2.30. The minimum atomic E-state index is -0.307. The number of hydrogen-bond acceptors (Lipinski definition) is 4. The molecule has 0 unspecified atom stereocenters. The second-order valence-electron chi connectivity index (χ2n) is 4.74. The molecule has 2 amide bonds. The van der Waals surface area contributed by atoms with Gasteiger partial charge in [0.2, 0.25) is 0 Å². The van der Waals surface area contributed by atoms with Gasteiger partial charge in [-0.05, 0) is 18.6 Å². The van der Waals surface area contributed by atoms with Crippen molar-refractivity contribution in [3.63, 3.8) is 0 Å². The highest BCUT2D eigenvalue weighted by Gasteiger charge is 2.15. The van der Waals surface area contributed by atoms with Crippen molar-refractivity contribution in [2.24, 2.45) is 0 Å². The number of methoxy groups -OCH3 is 1. The lowest BCUT2D eigenvalue weighted by molar-refractivity contribution is 0.0787. The molecule has 1 N–H and O–H groups in total. The molecule has 1 rings (SSSR count). The van der Waals surface area contributed by atoms with Gasteiger partial charge in [-0.2, -0.15) is 0 Å². The van der Waals surface area contributed by atoms with E-state index in [-0.39, 0.29) is 23.2 Å². The molecular formula is C15H23N3O3. The predicted octanol–water partition coefficient (Wildman–Crippen LogP) is 1.33. The molecule has 0 saturated carbocycles. The summed E-state index contributed by atoms with van der Waals surface area (Å²) in [7, 11) is 3.31. The van der Waals surface area contributed by atoms with Crippen molar-refractivity contribution in [1.29, 1.82) is 0 Å². The van der Waals surface area contributed by atoms with Gasteiger partial charge in [-0.1, -0.05) is 19.4 Å². The minimum Gasteiger partial charge on any atom is -0.383 e. The Bertz CT molecular complexity index is 477. The summed E-state index contributed by atoms with van der Waals surface area (Å²) < 4.78 is 4.86. The van der Waals surface area contributed by atoms with Gasteiger partial charge >= 0.3 is 0 Å². The first-order valence-corrected chi connectivity index (χ1v) is 7.09. The summed E-state index contributed by atoms with van der Waals surface area (Å²) in [6, 6.07) is 4.88. The first-order valence-electron chi connectivity index (χ1n) is 7.09. The van der Waals surface area contributed by atoms with E-state index in [1.54, 1.807) is 37.3 Å². The standard InChI is InChI=1S/C15H23N3O3/c1-4-5-10-18(2)15(20)13-8-6-7-12(17-13)14(19)16-9-11-21-3/h6-8H,4-5,9-11H2,1-3H3,(H,16,19). The number of nitrogens with zero attached hydrogens (tertiary/aromatic N) is 2. The summed E-state index contributed by atoms with van der Waals surface area (Å²) in [6.07, 6.45) is 1.96. The number of carbonyl (C=O) groups excluding carboxylic acids is 2. The molecule has 21 heavy (non-hydrogen) atoms. The van der Waals surface area contributed by atoms with Crippen LogP contribution in [0.25, 0.3) is 0 Å². The van der Waals surface area contributed by atoms with Crippen LogP contribution in [0.3, 0.4) is 0 Å². The highest BCUT2D eigenvalue weighted by Crippen LogP contribution is 2.04. The number of amides is 2. The molecule has 0 aliphatic heterocycles. The van der Waals surface area contributed by atoms with Gasteiger partial charge in [-0.15, -0.1) is 0 Å². The van der Waals surface area contributed by atoms with Crippen LogP contribution in [-0.4, -0.2) is 55.6 Å². The zero-order valence-corrected chi connectivity index (χ0v) is 12.9. The molecule has 0 atom stereocenters. The van der Waals surface area contributed by atoms with E-state index in [1.165, 1.54) is 0 Å². The zero-order chi connectivity index (χ0) is 15.7. The Morgan fingerprint density at radius 1 is 1.33 bits per heavy atom. The van der Waals surface area contributed by atoms with Crippen LogP contribution >= 0.6 is 0 Å². The fourth-order valence-electron chi connectivity index (χ4n) is 1.73. The van der Waals surface area contributed by atoms with Crippen molar-refractivity contribution in [2.75, 3.05) is 33.9 Å². The van der Waals surface area contributed by atoms with Crippen LogP contribution in [-0.2, 0) is 4.74 Å². The molecule has 6 heteroatoms. The molecule has 0 fully saturated rings. The van der Waals surface area contributed by atoms with Crippen molar-refractivity contribution in [3.05, 3.63) is 29.6 Å². The number of carbonyl (C=O) groups is 2. The van der Waals surface area contributed by atoms with E-state index in [4.69, 9.17) is 4.74 Å². The van der Waals surface area contributed by atoms with Gasteiger partial charge < -0.3 is 15.0 Å². The monoisotopic (exact) mass is 293 g/mol. The third kappa shape index (κ3) is 5.51. The Balaban J connectivity index is 2.71. The average Bonchev–Trinajstić information content (AvgIpc) is 2.52. The van der Waals surface area contributed by atoms with Crippen LogP contribution in [0.15, 0.2) is 18.2 Å². The van der Waals surface area contributed by atoms with E-state index >= 15 is 0 Å². The molecule has 0 aliphatic rings. The maximum atomic E-state index is 12.2. The Morgan fingerprint density at radius 3 is 2.71 bits per heavy atom. The van der Waals surface area contributed by atoms with Gasteiger partial charge in [0.05, 0.1) is 6.61 Å². The van der Waals surface area contributed by atoms with E-state index in [0.717, 1.165) is 12.8 Å². The number of aromatic nitrogens is 1. The lowest BCUT2D eigenvalue weighted by atomic mass is 10.2. The highest BCUT2D eigenvalue weighted by atomic mass is 16.5. The largest absolute Gasteiger partial charge is 0.383 e. The van der Waals surface area contributed by atoms with Gasteiger partial charge in [0.15, 0.2) is 0 Å². The van der Waals surface area contributed by atoms with Crippen LogP contribution in [0.2, 0.25) is 0 Å². The van der Waals surface area contributed by atoms with Gasteiger partial charge in [0.1, 0.15) is 11.4 Å². The Labute approximate surface area is 125 Å². The first-order chi connectivity index (χ1) is 10.1. The molecule has 0 aliphatic carbocycles. The number of nitrogens with one attached hydrogen (secondary N) is 1. The van der Waals surface area contributed by atoms with Crippen LogP contribution < -0.4 is 5.32 Å². The second kappa shape index (κ2) is 9.07. The van der Waals surface area contributed by atoms with Gasteiger partial charge in [-0.3, -0.25) is 9.59 Å². The fraction of sp³-hybridized carbons (Fsp3) is 0.533. The summed E-state index contributed by atoms with van der Waals surface area (Å²) in [4.78, 5) is 29.8.